The van der Waals surface area contributed by atoms with E-state index in [2.05, 4.69) is 19.2 Å². The van der Waals surface area contributed by atoms with Crippen molar-refractivity contribution < 1.29 is 4.79 Å². The van der Waals surface area contributed by atoms with Crippen LogP contribution in [0.5, 0.6) is 0 Å². The fourth-order valence-electron chi connectivity index (χ4n) is 2.67. The fraction of sp³-hybridized carbons (Fsp3) is 0.750. The number of aromatic nitrogens is 1. The highest BCUT2D eigenvalue weighted by atomic mass is 35.5. The molecule has 2 rings (SSSR count). The van der Waals surface area contributed by atoms with E-state index in [1.54, 1.807) is 11.3 Å². The summed E-state index contributed by atoms with van der Waals surface area (Å²) in [7, 11) is 0. The lowest BCUT2D eigenvalue weighted by Crippen LogP contribution is -2.39. The fourth-order valence-corrected chi connectivity index (χ4v) is 3.78. The average Bonchev–Trinajstić information content (AvgIpc) is 2.95. The van der Waals surface area contributed by atoms with Crippen LogP contribution < -0.4 is 5.73 Å². The number of rotatable bonds is 5. The van der Waals surface area contributed by atoms with Crippen LogP contribution in [0.4, 0.5) is 0 Å². The second-order valence-corrected chi connectivity index (χ2v) is 7.35. The Morgan fingerprint density at radius 1 is 1.43 bits per heavy atom. The predicted octanol–water partition coefficient (Wildman–Crippen LogP) is 3.94. The zero-order valence-corrected chi connectivity index (χ0v) is 16.6. The van der Waals surface area contributed by atoms with Crippen LogP contribution >= 0.6 is 36.2 Å². The van der Waals surface area contributed by atoms with Gasteiger partial charge in [-0.05, 0) is 32.1 Å². The van der Waals surface area contributed by atoms with Gasteiger partial charge >= 0.3 is 0 Å². The summed E-state index contributed by atoms with van der Waals surface area (Å²) in [6.45, 7) is 8.00. The summed E-state index contributed by atoms with van der Waals surface area (Å²) in [5.74, 6) is 1.13. The number of hydrogen-bond donors (Lipinski definition) is 1. The molecule has 23 heavy (non-hydrogen) atoms. The molecule has 2 unspecified atom stereocenters. The van der Waals surface area contributed by atoms with Gasteiger partial charge in [-0.25, -0.2) is 4.98 Å². The van der Waals surface area contributed by atoms with Gasteiger partial charge < -0.3 is 10.6 Å². The van der Waals surface area contributed by atoms with Crippen molar-refractivity contribution in [2.75, 3.05) is 13.1 Å². The van der Waals surface area contributed by atoms with Gasteiger partial charge in [-0.15, -0.1) is 36.2 Å². The van der Waals surface area contributed by atoms with Gasteiger partial charge in [0.25, 0.3) is 0 Å². The van der Waals surface area contributed by atoms with Crippen LogP contribution in [0.2, 0.25) is 0 Å². The maximum absolute atomic E-state index is 12.2. The molecule has 2 heterocycles. The van der Waals surface area contributed by atoms with Crippen LogP contribution in [-0.4, -0.2) is 34.9 Å². The van der Waals surface area contributed by atoms with Gasteiger partial charge in [-0.3, -0.25) is 4.79 Å². The molecular formula is C16H29Cl2N3OS. The van der Waals surface area contributed by atoms with E-state index in [-0.39, 0.29) is 36.8 Å². The van der Waals surface area contributed by atoms with Crippen molar-refractivity contribution in [3.05, 3.63) is 16.1 Å². The molecule has 1 fully saturated rings. The number of thiazole rings is 1. The van der Waals surface area contributed by atoms with Crippen LogP contribution in [-0.2, 0) is 4.79 Å². The first-order chi connectivity index (χ1) is 9.97. The Bertz CT molecular complexity index is 480. The molecule has 134 valence electrons. The van der Waals surface area contributed by atoms with E-state index < -0.39 is 0 Å². The van der Waals surface area contributed by atoms with Crippen molar-refractivity contribution in [3.8, 4) is 0 Å². The van der Waals surface area contributed by atoms with Crippen LogP contribution in [0.1, 0.15) is 69.0 Å². The largest absolute Gasteiger partial charge is 0.342 e. The quantitative estimate of drug-likeness (QED) is 0.839. The molecule has 1 aliphatic heterocycles. The van der Waals surface area contributed by atoms with E-state index >= 15 is 0 Å². The molecule has 1 aromatic rings. The molecule has 2 atom stereocenters. The van der Waals surface area contributed by atoms with Gasteiger partial charge in [0.15, 0.2) is 0 Å². The summed E-state index contributed by atoms with van der Waals surface area (Å²) in [5.41, 5.74) is 6.92. The normalized spacial score (nSPS) is 19.0. The molecule has 7 heteroatoms. The topological polar surface area (TPSA) is 59.2 Å². The minimum Gasteiger partial charge on any atom is -0.342 e. The molecule has 0 bridgehead atoms. The lowest BCUT2D eigenvalue weighted by Gasteiger charge is -2.32. The first-order valence-corrected chi connectivity index (χ1v) is 8.84. The summed E-state index contributed by atoms with van der Waals surface area (Å²) in [6, 6.07) is 0.0992. The van der Waals surface area contributed by atoms with Crippen molar-refractivity contribution in [3.63, 3.8) is 0 Å². The van der Waals surface area contributed by atoms with E-state index in [1.165, 1.54) is 10.7 Å². The van der Waals surface area contributed by atoms with Crippen molar-refractivity contribution in [1.29, 1.82) is 0 Å². The Labute approximate surface area is 156 Å². The number of nitrogens with zero attached hydrogens (tertiary/aromatic N) is 2. The first kappa shape index (κ1) is 22.6. The summed E-state index contributed by atoms with van der Waals surface area (Å²) in [5, 5.41) is 3.36. The zero-order valence-electron chi connectivity index (χ0n) is 14.2. The van der Waals surface area contributed by atoms with Crippen LogP contribution in [0.25, 0.3) is 0 Å². The molecule has 0 saturated carbocycles. The first-order valence-electron chi connectivity index (χ1n) is 7.96. The number of piperidine rings is 1. The number of likely N-dealkylation sites (tertiary alicyclic amines) is 1. The standard InChI is InChI=1S/C16H27N3OS.2ClH/c1-11(2)14-10-21-16(18-14)13-5-4-8-19(9-13)15(20)7-6-12(3)17;;/h10-13H,4-9,17H2,1-3H3;2*1H. The van der Waals surface area contributed by atoms with E-state index in [0.717, 1.165) is 32.4 Å². The van der Waals surface area contributed by atoms with E-state index in [9.17, 15) is 4.79 Å². The lowest BCUT2D eigenvalue weighted by molar-refractivity contribution is -0.132. The Kier molecular flexibility index (Phi) is 10.3. The number of hydrogen-bond acceptors (Lipinski definition) is 4. The molecule has 1 saturated heterocycles. The van der Waals surface area contributed by atoms with Gasteiger partial charge in [0, 0.05) is 36.9 Å². The summed E-state index contributed by atoms with van der Waals surface area (Å²) in [6.07, 6.45) is 3.56. The highest BCUT2D eigenvalue weighted by molar-refractivity contribution is 7.09. The van der Waals surface area contributed by atoms with Crippen LogP contribution in [0, 0.1) is 0 Å². The number of amides is 1. The van der Waals surface area contributed by atoms with Gasteiger partial charge in [-0.2, -0.15) is 0 Å². The third-order valence-corrected chi connectivity index (χ3v) is 5.09. The molecule has 0 aromatic carbocycles. The average molecular weight is 382 g/mol. The lowest BCUT2D eigenvalue weighted by atomic mass is 9.98. The molecule has 1 amide bonds. The molecular weight excluding hydrogens is 353 g/mol. The molecule has 0 spiro atoms. The molecule has 1 aliphatic rings. The summed E-state index contributed by atoms with van der Waals surface area (Å²) >= 11 is 1.75. The number of carbonyl (C=O) groups is 1. The Morgan fingerprint density at radius 2 is 2.13 bits per heavy atom. The second-order valence-electron chi connectivity index (χ2n) is 6.46. The summed E-state index contributed by atoms with van der Waals surface area (Å²) in [4.78, 5) is 19.0. The number of nitrogens with two attached hydrogens (primary N) is 1. The van der Waals surface area contributed by atoms with E-state index in [4.69, 9.17) is 10.7 Å². The van der Waals surface area contributed by atoms with Crippen molar-refractivity contribution >= 4 is 42.1 Å². The Morgan fingerprint density at radius 3 is 2.70 bits per heavy atom. The maximum atomic E-state index is 12.2. The minimum atomic E-state index is 0. The van der Waals surface area contributed by atoms with Gasteiger partial charge in [0.2, 0.25) is 5.91 Å². The molecule has 0 radical (unpaired) electrons. The van der Waals surface area contributed by atoms with E-state index in [1.807, 2.05) is 11.8 Å². The molecule has 2 N–H and O–H groups in total. The Hall–Kier alpha value is -0.360. The number of carbonyl (C=O) groups excluding carboxylic acids is 1. The highest BCUT2D eigenvalue weighted by Crippen LogP contribution is 2.31. The Balaban J connectivity index is 0.00000242. The third-order valence-electron chi connectivity index (χ3n) is 4.07. The predicted molar refractivity (Wildman–Crippen MR) is 102 cm³/mol. The maximum Gasteiger partial charge on any atom is 0.222 e. The molecule has 1 aromatic heterocycles. The summed E-state index contributed by atoms with van der Waals surface area (Å²) < 4.78 is 0. The van der Waals surface area contributed by atoms with Crippen molar-refractivity contribution in [1.82, 2.24) is 9.88 Å². The van der Waals surface area contributed by atoms with Crippen molar-refractivity contribution in [2.45, 2.75) is 64.3 Å². The van der Waals surface area contributed by atoms with Gasteiger partial charge in [-0.1, -0.05) is 13.8 Å². The number of halogens is 2. The van der Waals surface area contributed by atoms with Gasteiger partial charge in [0.1, 0.15) is 0 Å². The minimum absolute atomic E-state index is 0. The monoisotopic (exact) mass is 381 g/mol. The van der Waals surface area contributed by atoms with Gasteiger partial charge in [0.05, 0.1) is 10.7 Å². The zero-order chi connectivity index (χ0) is 15.4. The van der Waals surface area contributed by atoms with Crippen molar-refractivity contribution in [2.24, 2.45) is 5.73 Å². The highest BCUT2D eigenvalue weighted by Gasteiger charge is 2.26. The second kappa shape index (κ2) is 10.5. The van der Waals surface area contributed by atoms with Crippen LogP contribution in [0.15, 0.2) is 5.38 Å². The third kappa shape index (κ3) is 6.57. The smallest absolute Gasteiger partial charge is 0.222 e. The van der Waals surface area contributed by atoms with Crippen LogP contribution in [0.3, 0.4) is 0 Å². The molecule has 0 aliphatic carbocycles. The molecule has 4 nitrogen and oxygen atoms in total. The van der Waals surface area contributed by atoms with E-state index in [0.29, 0.717) is 18.3 Å². The SMILES string of the molecule is CC(N)CCC(=O)N1CCCC(c2nc(C(C)C)cs2)C1.Cl.Cl.